The first kappa shape index (κ1) is 11.1. The number of carboxylic acid groups (broad SMARTS) is 1. The molecule has 0 fully saturated rings. The van der Waals surface area contributed by atoms with Crippen LogP contribution >= 0.6 is 0 Å². The second kappa shape index (κ2) is 3.48. The molecule has 18 heavy (non-hydrogen) atoms. The van der Waals surface area contributed by atoms with Gasteiger partial charge >= 0.3 is 0 Å². The summed E-state index contributed by atoms with van der Waals surface area (Å²) in [5.74, 6) is -1.12. The molecule has 1 amide bonds. The molecule has 0 saturated heterocycles. The fourth-order valence-electron chi connectivity index (χ4n) is 3.12. The van der Waals surface area contributed by atoms with Crippen molar-refractivity contribution in [2.75, 3.05) is 23.3 Å². The van der Waals surface area contributed by atoms with Crippen molar-refractivity contribution in [3.63, 3.8) is 0 Å². The number of amides is 1. The zero-order valence-electron chi connectivity index (χ0n) is 10.0. The first-order chi connectivity index (χ1) is 8.49. The van der Waals surface area contributed by atoms with Crippen molar-refractivity contribution >= 4 is 23.3 Å². The number of benzene rings is 1. The summed E-state index contributed by atoms with van der Waals surface area (Å²) in [4.78, 5) is 24.3. The van der Waals surface area contributed by atoms with E-state index in [0.29, 0.717) is 13.0 Å². The third-order valence-electron chi connectivity index (χ3n) is 3.67. The standard InChI is InChI=1S/C13H14N2O3/c1-13-5-10(16)14-8-3-2-4-9(12(8)13)15(7-13)6-11(17)18/h2-4H,5-7H2,1H3,(H,14,16)(H,17,18)/p-1. The van der Waals surface area contributed by atoms with Crippen molar-refractivity contribution in [2.24, 2.45) is 0 Å². The molecule has 0 aliphatic carbocycles. The lowest BCUT2D eigenvalue weighted by atomic mass is 9.78. The largest absolute Gasteiger partial charge is 0.548 e. The molecule has 2 aliphatic heterocycles. The number of anilines is 2. The van der Waals surface area contributed by atoms with Crippen molar-refractivity contribution in [3.8, 4) is 0 Å². The number of nitrogens with one attached hydrogen (secondary N) is 1. The van der Waals surface area contributed by atoms with Crippen LogP contribution in [0.5, 0.6) is 0 Å². The van der Waals surface area contributed by atoms with E-state index < -0.39 is 5.97 Å². The number of carbonyl (C=O) groups excluding carboxylic acids is 2. The van der Waals surface area contributed by atoms with Gasteiger partial charge in [-0.25, -0.2) is 0 Å². The number of nitrogens with zero attached hydrogens (tertiary/aromatic N) is 1. The average molecular weight is 245 g/mol. The van der Waals surface area contributed by atoms with Gasteiger partial charge in [-0.15, -0.1) is 0 Å². The molecule has 5 nitrogen and oxygen atoms in total. The summed E-state index contributed by atoms with van der Waals surface area (Å²) in [6.07, 6.45) is 0.389. The minimum absolute atomic E-state index is 0.0162. The summed E-state index contributed by atoms with van der Waals surface area (Å²) >= 11 is 0. The van der Waals surface area contributed by atoms with Crippen molar-refractivity contribution < 1.29 is 14.7 Å². The van der Waals surface area contributed by atoms with Gasteiger partial charge in [0.15, 0.2) is 0 Å². The molecule has 2 aliphatic rings. The third-order valence-corrected chi connectivity index (χ3v) is 3.67. The molecule has 1 aromatic carbocycles. The van der Waals surface area contributed by atoms with Gasteiger partial charge < -0.3 is 20.1 Å². The molecule has 94 valence electrons. The zero-order chi connectivity index (χ0) is 12.9. The van der Waals surface area contributed by atoms with Gasteiger partial charge in [0, 0.05) is 35.3 Å². The molecule has 0 bridgehead atoms. The molecule has 3 rings (SSSR count). The highest BCUT2D eigenvalue weighted by atomic mass is 16.4. The van der Waals surface area contributed by atoms with Gasteiger partial charge in [0.25, 0.3) is 0 Å². The molecule has 0 saturated carbocycles. The van der Waals surface area contributed by atoms with Crippen molar-refractivity contribution in [1.82, 2.24) is 0 Å². The summed E-state index contributed by atoms with van der Waals surface area (Å²) in [6.45, 7) is 2.41. The Morgan fingerprint density at radius 2 is 2.33 bits per heavy atom. The Morgan fingerprint density at radius 3 is 3.06 bits per heavy atom. The van der Waals surface area contributed by atoms with Crippen LogP contribution in [0, 0.1) is 0 Å². The summed E-state index contributed by atoms with van der Waals surface area (Å²) in [5, 5.41) is 13.6. The van der Waals surface area contributed by atoms with E-state index in [1.165, 1.54) is 0 Å². The van der Waals surface area contributed by atoms with E-state index in [4.69, 9.17) is 0 Å². The maximum absolute atomic E-state index is 11.7. The van der Waals surface area contributed by atoms with Crippen LogP contribution in [-0.2, 0) is 15.0 Å². The molecule has 0 spiro atoms. The molecule has 2 heterocycles. The van der Waals surface area contributed by atoms with E-state index >= 15 is 0 Å². The fraction of sp³-hybridized carbons (Fsp3) is 0.385. The summed E-state index contributed by atoms with van der Waals surface area (Å²) in [6, 6.07) is 5.58. The summed E-state index contributed by atoms with van der Waals surface area (Å²) in [5.41, 5.74) is 2.43. The highest BCUT2D eigenvalue weighted by molar-refractivity contribution is 5.98. The van der Waals surface area contributed by atoms with E-state index in [-0.39, 0.29) is 17.9 Å². The highest BCUT2D eigenvalue weighted by Gasteiger charge is 2.44. The van der Waals surface area contributed by atoms with Crippen LogP contribution in [0.3, 0.4) is 0 Å². The van der Waals surface area contributed by atoms with Crippen molar-refractivity contribution in [2.45, 2.75) is 18.8 Å². The Kier molecular flexibility index (Phi) is 2.14. The minimum atomic E-state index is -1.10. The van der Waals surface area contributed by atoms with Crippen LogP contribution in [0.2, 0.25) is 0 Å². The van der Waals surface area contributed by atoms with E-state index in [1.54, 1.807) is 4.90 Å². The Labute approximate surface area is 104 Å². The van der Waals surface area contributed by atoms with Crippen molar-refractivity contribution in [3.05, 3.63) is 23.8 Å². The van der Waals surface area contributed by atoms with Crippen LogP contribution in [0.15, 0.2) is 18.2 Å². The van der Waals surface area contributed by atoms with Crippen molar-refractivity contribution in [1.29, 1.82) is 0 Å². The van der Waals surface area contributed by atoms with Gasteiger partial charge in [-0.05, 0) is 12.1 Å². The number of rotatable bonds is 2. The van der Waals surface area contributed by atoms with E-state index in [9.17, 15) is 14.7 Å². The Morgan fingerprint density at radius 1 is 1.56 bits per heavy atom. The first-order valence-electron chi connectivity index (χ1n) is 5.88. The summed E-state index contributed by atoms with van der Waals surface area (Å²) in [7, 11) is 0. The monoisotopic (exact) mass is 245 g/mol. The highest BCUT2D eigenvalue weighted by Crippen LogP contribution is 2.48. The lowest BCUT2D eigenvalue weighted by Crippen LogP contribution is -2.41. The van der Waals surface area contributed by atoms with Gasteiger partial charge in [-0.2, -0.15) is 0 Å². The maximum atomic E-state index is 11.7. The lowest BCUT2D eigenvalue weighted by Gasteiger charge is -2.30. The van der Waals surface area contributed by atoms with Gasteiger partial charge in [0.1, 0.15) is 0 Å². The van der Waals surface area contributed by atoms with Crippen LogP contribution < -0.4 is 15.3 Å². The van der Waals surface area contributed by atoms with Gasteiger partial charge in [0.05, 0.1) is 12.5 Å². The number of carboxylic acids is 1. The van der Waals surface area contributed by atoms with Gasteiger partial charge in [-0.1, -0.05) is 13.0 Å². The van der Waals surface area contributed by atoms with Crippen LogP contribution in [0.4, 0.5) is 11.4 Å². The number of carbonyl (C=O) groups is 2. The molecule has 1 atom stereocenters. The smallest absolute Gasteiger partial charge is 0.225 e. The Hall–Kier alpha value is -2.04. The Balaban J connectivity index is 2.11. The number of hydrogen-bond donors (Lipinski definition) is 1. The predicted molar refractivity (Wildman–Crippen MR) is 64.3 cm³/mol. The molecule has 1 N–H and O–H groups in total. The predicted octanol–water partition coefficient (Wildman–Crippen LogP) is -0.144. The average Bonchev–Trinajstić information content (AvgIpc) is 2.51. The lowest BCUT2D eigenvalue weighted by molar-refractivity contribution is -0.303. The molecule has 5 heteroatoms. The van der Waals surface area contributed by atoms with E-state index in [0.717, 1.165) is 16.9 Å². The topological polar surface area (TPSA) is 72.5 Å². The number of aliphatic carboxylic acids is 1. The number of hydrogen-bond acceptors (Lipinski definition) is 4. The molecule has 1 unspecified atom stereocenters. The van der Waals surface area contributed by atoms with Gasteiger partial charge in [-0.3, -0.25) is 4.79 Å². The molecule has 0 aromatic heterocycles. The molecule has 0 radical (unpaired) electrons. The minimum Gasteiger partial charge on any atom is -0.548 e. The zero-order valence-corrected chi connectivity index (χ0v) is 10.0. The summed E-state index contributed by atoms with van der Waals surface area (Å²) < 4.78 is 0. The fourth-order valence-corrected chi connectivity index (χ4v) is 3.12. The second-order valence-corrected chi connectivity index (χ2v) is 5.21. The van der Waals surface area contributed by atoms with E-state index in [1.807, 2.05) is 25.1 Å². The second-order valence-electron chi connectivity index (χ2n) is 5.21. The molecular weight excluding hydrogens is 232 g/mol. The van der Waals surface area contributed by atoms with Crippen LogP contribution in [-0.4, -0.2) is 25.0 Å². The van der Waals surface area contributed by atoms with Crippen LogP contribution in [0.25, 0.3) is 0 Å². The quantitative estimate of drug-likeness (QED) is 0.787. The Bertz CT molecular complexity index is 555. The SMILES string of the molecule is CC12CC(=O)Nc3cccc(c31)N(CC(=O)[O-])C2. The normalized spacial score (nSPS) is 24.7. The van der Waals surface area contributed by atoms with Crippen LogP contribution in [0.1, 0.15) is 18.9 Å². The van der Waals surface area contributed by atoms with E-state index in [2.05, 4.69) is 5.32 Å². The maximum Gasteiger partial charge on any atom is 0.225 e. The third kappa shape index (κ3) is 1.47. The molecular formula is C13H13N2O3-. The molecule has 1 aromatic rings. The first-order valence-corrected chi connectivity index (χ1v) is 5.88. The van der Waals surface area contributed by atoms with Gasteiger partial charge in [0.2, 0.25) is 5.91 Å².